The summed E-state index contributed by atoms with van der Waals surface area (Å²) < 4.78 is 0. The van der Waals surface area contributed by atoms with Crippen LogP contribution in [0, 0.1) is 10.1 Å². The molecule has 0 radical (unpaired) electrons. The van der Waals surface area contributed by atoms with Crippen molar-refractivity contribution >= 4 is 51.3 Å². The molecule has 3 aromatic rings. The first kappa shape index (κ1) is 17.0. The SMILES string of the molecule is O=C(Nc1ccc(Cl)cc1[N+](=O)[O-])c1cc(Cl)c2ccccc2c1O. The van der Waals surface area contributed by atoms with Gasteiger partial charge >= 0.3 is 0 Å². The van der Waals surface area contributed by atoms with E-state index in [0.29, 0.717) is 10.8 Å². The minimum Gasteiger partial charge on any atom is -0.506 e. The molecule has 0 aromatic heterocycles. The second kappa shape index (κ2) is 6.58. The maximum Gasteiger partial charge on any atom is 0.294 e. The van der Waals surface area contributed by atoms with Crippen molar-refractivity contribution in [3.05, 3.63) is 74.3 Å². The summed E-state index contributed by atoms with van der Waals surface area (Å²) >= 11 is 11.9. The van der Waals surface area contributed by atoms with Gasteiger partial charge < -0.3 is 10.4 Å². The summed E-state index contributed by atoms with van der Waals surface area (Å²) in [5.74, 6) is -0.982. The summed E-state index contributed by atoms with van der Waals surface area (Å²) in [6.45, 7) is 0. The quantitative estimate of drug-likeness (QED) is 0.496. The molecule has 0 aliphatic heterocycles. The summed E-state index contributed by atoms with van der Waals surface area (Å²) in [6, 6.07) is 12.0. The zero-order chi connectivity index (χ0) is 18.1. The minimum absolute atomic E-state index is 0.0388. The van der Waals surface area contributed by atoms with Gasteiger partial charge in [-0.1, -0.05) is 47.5 Å². The molecule has 0 saturated heterocycles. The highest BCUT2D eigenvalue weighted by atomic mass is 35.5. The lowest BCUT2D eigenvalue weighted by molar-refractivity contribution is -0.383. The number of carbonyl (C=O) groups excluding carboxylic acids is 1. The molecule has 0 aliphatic rings. The Labute approximate surface area is 151 Å². The van der Waals surface area contributed by atoms with Crippen molar-refractivity contribution in [2.75, 3.05) is 5.32 Å². The smallest absolute Gasteiger partial charge is 0.294 e. The van der Waals surface area contributed by atoms with Gasteiger partial charge in [-0.25, -0.2) is 0 Å². The number of nitro groups is 1. The fourth-order valence-electron chi connectivity index (χ4n) is 2.44. The molecule has 0 unspecified atom stereocenters. The van der Waals surface area contributed by atoms with E-state index in [2.05, 4.69) is 5.32 Å². The Kier molecular flexibility index (Phi) is 4.48. The van der Waals surface area contributed by atoms with Crippen LogP contribution in [-0.2, 0) is 0 Å². The number of benzene rings is 3. The number of nitro benzene ring substituents is 1. The maximum absolute atomic E-state index is 12.5. The van der Waals surface area contributed by atoms with Crippen LogP contribution in [0.1, 0.15) is 10.4 Å². The van der Waals surface area contributed by atoms with Crippen molar-refractivity contribution in [3.8, 4) is 5.75 Å². The lowest BCUT2D eigenvalue weighted by Gasteiger charge is -2.11. The van der Waals surface area contributed by atoms with Crippen LogP contribution in [0.5, 0.6) is 5.75 Å². The highest BCUT2D eigenvalue weighted by Gasteiger charge is 2.21. The Bertz CT molecular complexity index is 1020. The average molecular weight is 377 g/mol. The number of phenolic OH excluding ortho intramolecular Hbond substituents is 1. The molecule has 0 aliphatic carbocycles. The molecule has 3 aromatic carbocycles. The number of nitrogens with zero attached hydrogens (tertiary/aromatic N) is 1. The normalized spacial score (nSPS) is 10.6. The molecule has 0 saturated carbocycles. The molecule has 2 N–H and O–H groups in total. The predicted octanol–water partition coefficient (Wildman–Crippen LogP) is 5.01. The van der Waals surface area contributed by atoms with Crippen LogP contribution < -0.4 is 5.32 Å². The first-order valence-electron chi connectivity index (χ1n) is 7.04. The number of hydrogen-bond acceptors (Lipinski definition) is 4. The average Bonchev–Trinajstić information content (AvgIpc) is 2.59. The van der Waals surface area contributed by atoms with Gasteiger partial charge in [0, 0.05) is 26.9 Å². The first-order valence-corrected chi connectivity index (χ1v) is 7.79. The molecule has 1 amide bonds. The number of amides is 1. The van der Waals surface area contributed by atoms with Crippen molar-refractivity contribution in [2.45, 2.75) is 0 Å². The van der Waals surface area contributed by atoms with E-state index in [4.69, 9.17) is 23.2 Å². The van der Waals surface area contributed by atoms with Gasteiger partial charge in [-0.05, 0) is 18.2 Å². The van der Waals surface area contributed by atoms with E-state index < -0.39 is 10.8 Å². The van der Waals surface area contributed by atoms with E-state index in [-0.39, 0.29) is 32.7 Å². The van der Waals surface area contributed by atoms with Crippen LogP contribution in [0.3, 0.4) is 0 Å². The fourth-order valence-corrected chi connectivity index (χ4v) is 2.88. The monoisotopic (exact) mass is 376 g/mol. The molecule has 126 valence electrons. The fraction of sp³-hybridized carbons (Fsp3) is 0. The van der Waals surface area contributed by atoms with Crippen LogP contribution in [-0.4, -0.2) is 15.9 Å². The third kappa shape index (κ3) is 3.22. The largest absolute Gasteiger partial charge is 0.506 e. The van der Waals surface area contributed by atoms with Crippen LogP contribution >= 0.6 is 23.2 Å². The molecule has 25 heavy (non-hydrogen) atoms. The molecular weight excluding hydrogens is 367 g/mol. The van der Waals surface area contributed by atoms with Crippen LogP contribution in [0.15, 0.2) is 48.5 Å². The summed E-state index contributed by atoms with van der Waals surface area (Å²) in [5.41, 5.74) is -0.483. The number of hydrogen-bond donors (Lipinski definition) is 2. The van der Waals surface area contributed by atoms with Crippen LogP contribution in [0.25, 0.3) is 10.8 Å². The Morgan fingerprint density at radius 2 is 1.76 bits per heavy atom. The second-order valence-electron chi connectivity index (χ2n) is 5.17. The zero-order valence-electron chi connectivity index (χ0n) is 12.5. The lowest BCUT2D eigenvalue weighted by Crippen LogP contribution is -2.13. The van der Waals surface area contributed by atoms with E-state index in [1.54, 1.807) is 24.3 Å². The van der Waals surface area contributed by atoms with Gasteiger partial charge in [0.05, 0.1) is 10.5 Å². The van der Waals surface area contributed by atoms with Gasteiger partial charge in [-0.3, -0.25) is 14.9 Å². The molecular formula is C17H10Cl2N2O4. The predicted molar refractivity (Wildman–Crippen MR) is 96.7 cm³/mol. The number of phenols is 1. The van der Waals surface area contributed by atoms with Crippen molar-refractivity contribution in [3.63, 3.8) is 0 Å². The molecule has 3 rings (SSSR count). The van der Waals surface area contributed by atoms with E-state index in [1.165, 1.54) is 18.2 Å². The zero-order valence-corrected chi connectivity index (χ0v) is 14.0. The number of carbonyl (C=O) groups is 1. The summed E-state index contributed by atoms with van der Waals surface area (Å²) in [5, 5.41) is 25.3. The number of rotatable bonds is 3. The van der Waals surface area contributed by atoms with Gasteiger partial charge in [0.2, 0.25) is 0 Å². The number of nitrogens with one attached hydrogen (secondary N) is 1. The van der Waals surface area contributed by atoms with Crippen LogP contribution in [0.2, 0.25) is 10.0 Å². The van der Waals surface area contributed by atoms with Gasteiger partial charge in [0.25, 0.3) is 11.6 Å². The van der Waals surface area contributed by atoms with Crippen molar-refractivity contribution in [1.29, 1.82) is 0 Å². The van der Waals surface area contributed by atoms with E-state index in [9.17, 15) is 20.0 Å². The molecule has 0 bridgehead atoms. The second-order valence-corrected chi connectivity index (χ2v) is 6.02. The first-order chi connectivity index (χ1) is 11.9. The Balaban J connectivity index is 2.04. The summed E-state index contributed by atoms with van der Waals surface area (Å²) in [4.78, 5) is 23.0. The summed E-state index contributed by atoms with van der Waals surface area (Å²) in [7, 11) is 0. The molecule has 0 spiro atoms. The maximum atomic E-state index is 12.5. The molecule has 0 fully saturated rings. The van der Waals surface area contributed by atoms with Crippen molar-refractivity contribution in [1.82, 2.24) is 0 Å². The molecule has 8 heteroatoms. The highest BCUT2D eigenvalue weighted by Crippen LogP contribution is 2.35. The Morgan fingerprint density at radius 3 is 2.44 bits per heavy atom. The third-order valence-corrected chi connectivity index (χ3v) is 4.16. The van der Waals surface area contributed by atoms with Crippen molar-refractivity contribution in [2.24, 2.45) is 0 Å². The van der Waals surface area contributed by atoms with Gasteiger partial charge in [0.1, 0.15) is 11.4 Å². The Hall–Kier alpha value is -2.83. The molecule has 6 nitrogen and oxygen atoms in total. The van der Waals surface area contributed by atoms with E-state index in [0.717, 1.165) is 6.07 Å². The van der Waals surface area contributed by atoms with Gasteiger partial charge in [0.15, 0.2) is 0 Å². The van der Waals surface area contributed by atoms with Crippen LogP contribution in [0.4, 0.5) is 11.4 Å². The number of anilines is 1. The number of halogens is 2. The van der Waals surface area contributed by atoms with Gasteiger partial charge in [-0.15, -0.1) is 0 Å². The number of aromatic hydroxyl groups is 1. The lowest BCUT2D eigenvalue weighted by atomic mass is 10.0. The molecule has 0 atom stereocenters. The minimum atomic E-state index is -0.726. The van der Waals surface area contributed by atoms with Gasteiger partial charge in [-0.2, -0.15) is 0 Å². The van der Waals surface area contributed by atoms with E-state index in [1.807, 2.05) is 0 Å². The molecule has 0 heterocycles. The van der Waals surface area contributed by atoms with E-state index >= 15 is 0 Å². The highest BCUT2D eigenvalue weighted by molar-refractivity contribution is 6.36. The standard InChI is InChI=1S/C17H10Cl2N2O4/c18-9-5-6-14(15(7-9)21(24)25)20-17(23)12-8-13(19)10-3-1-2-4-11(10)16(12)22/h1-8,22H,(H,20,23). The number of fused-ring (bicyclic) bond motifs is 1. The Morgan fingerprint density at radius 1 is 1.08 bits per heavy atom. The third-order valence-electron chi connectivity index (χ3n) is 3.61. The topological polar surface area (TPSA) is 92.5 Å². The summed E-state index contributed by atoms with van der Waals surface area (Å²) in [6.07, 6.45) is 0. The van der Waals surface area contributed by atoms with Crippen molar-refractivity contribution < 1.29 is 14.8 Å².